The molecule has 8 aliphatic rings. The average molecular weight is 1110 g/mol. The Hall–Kier alpha value is -5.11. The SMILES string of the molecule is CNCC(O)c1cc(NCC(C)(O)C(O)COC2CCCCC2)cc(C2C#CC3CC(=O)Oc4c3cc(c(O)c4C3CCCCC3)CC3OC(=O)C(=CC(O)Cc4cccc(c4)CC4C(=O)CCC5C4CC4CCCCC4C35O)C2)c1. The Bertz CT molecular complexity index is 2890. The number of carbonyl (C=O) groups is 3. The maximum Gasteiger partial charge on any atom is 0.334 e. The Kier molecular flexibility index (Phi) is 17.5. The number of anilines is 1. The minimum absolute atomic E-state index is 0.0275. The van der Waals surface area contributed by atoms with E-state index in [0.29, 0.717) is 58.5 Å². The van der Waals surface area contributed by atoms with E-state index in [2.05, 4.69) is 22.5 Å². The molecule has 5 fully saturated rings. The molecular weight excluding hydrogens is 1020 g/mol. The highest BCUT2D eigenvalue weighted by Crippen LogP contribution is 2.59. The second-order valence-electron chi connectivity index (χ2n) is 25.9. The molecule has 436 valence electrons. The Balaban J connectivity index is 1.07. The normalized spacial score (nSPS) is 31.5. The molecular formula is C67H86N2O12. The van der Waals surface area contributed by atoms with Crippen molar-refractivity contribution in [2.45, 2.75) is 208 Å². The lowest BCUT2D eigenvalue weighted by atomic mass is 9.48. The number of hydrogen-bond donors (Lipinski definition) is 8. The van der Waals surface area contributed by atoms with Gasteiger partial charge in [0.25, 0.3) is 0 Å². The van der Waals surface area contributed by atoms with Crippen LogP contribution in [0.5, 0.6) is 11.5 Å². The average Bonchev–Trinajstić information content (AvgIpc) is 3.46. The fraction of sp³-hybridized carbons (Fsp3) is 0.627. The summed E-state index contributed by atoms with van der Waals surface area (Å²) in [7, 11) is 1.74. The van der Waals surface area contributed by atoms with Crippen molar-refractivity contribution >= 4 is 23.4 Å². The molecule has 0 amide bonds. The Morgan fingerprint density at radius 1 is 0.827 bits per heavy atom. The number of benzene rings is 3. The predicted octanol–water partition coefficient (Wildman–Crippen LogP) is 8.84. The zero-order chi connectivity index (χ0) is 56.6. The van der Waals surface area contributed by atoms with Gasteiger partial charge in [0.15, 0.2) is 0 Å². The van der Waals surface area contributed by atoms with Gasteiger partial charge in [-0.05, 0) is 153 Å². The van der Waals surface area contributed by atoms with Gasteiger partial charge in [-0.2, -0.15) is 0 Å². The monoisotopic (exact) mass is 1110 g/mol. The molecule has 14 nitrogen and oxygen atoms in total. The van der Waals surface area contributed by atoms with Crippen molar-refractivity contribution in [3.05, 3.63) is 99.1 Å². The van der Waals surface area contributed by atoms with Gasteiger partial charge in [0.05, 0.1) is 37.3 Å². The molecule has 13 atom stereocenters. The van der Waals surface area contributed by atoms with Crippen LogP contribution in [0.15, 0.2) is 60.2 Å². The molecule has 3 aromatic rings. The summed E-state index contributed by atoms with van der Waals surface area (Å²) in [5, 5.41) is 80.6. The quantitative estimate of drug-likeness (QED) is 0.0482. The van der Waals surface area contributed by atoms with Gasteiger partial charge in [-0.3, -0.25) is 9.59 Å². The maximum atomic E-state index is 15.9. The van der Waals surface area contributed by atoms with Crippen LogP contribution in [-0.2, 0) is 43.1 Å². The lowest BCUT2D eigenvalue weighted by Crippen LogP contribution is -2.65. The van der Waals surface area contributed by atoms with Crippen molar-refractivity contribution in [2.75, 3.05) is 32.1 Å². The number of phenolic OH excluding ortho intramolecular Hbond substituents is 1. The van der Waals surface area contributed by atoms with Crippen molar-refractivity contribution in [1.82, 2.24) is 5.32 Å². The molecule has 3 heterocycles. The van der Waals surface area contributed by atoms with Gasteiger partial charge in [-0.15, -0.1) is 0 Å². The van der Waals surface area contributed by atoms with E-state index in [1.54, 1.807) is 26.1 Å². The van der Waals surface area contributed by atoms with Gasteiger partial charge in [0, 0.05) is 66.6 Å². The molecule has 11 rings (SSSR count). The molecule has 5 saturated carbocycles. The number of esters is 2. The summed E-state index contributed by atoms with van der Waals surface area (Å²) < 4.78 is 19.3. The van der Waals surface area contributed by atoms with E-state index in [1.165, 1.54) is 0 Å². The molecule has 0 saturated heterocycles. The van der Waals surface area contributed by atoms with Crippen LogP contribution < -0.4 is 15.4 Å². The highest BCUT2D eigenvalue weighted by Gasteiger charge is 2.62. The smallest absolute Gasteiger partial charge is 0.334 e. The highest BCUT2D eigenvalue weighted by molar-refractivity contribution is 5.89. The number of nitrogens with one attached hydrogen (secondary N) is 2. The van der Waals surface area contributed by atoms with E-state index < -0.39 is 65.3 Å². The molecule has 8 N–H and O–H groups in total. The number of aromatic hydroxyl groups is 1. The van der Waals surface area contributed by atoms with Gasteiger partial charge >= 0.3 is 11.9 Å². The first-order valence-electron chi connectivity index (χ1n) is 30.8. The first kappa shape index (κ1) is 57.7. The van der Waals surface area contributed by atoms with Crippen LogP contribution in [0.25, 0.3) is 0 Å². The Morgan fingerprint density at radius 2 is 1.56 bits per heavy atom. The number of aliphatic hydroxyl groups is 5. The van der Waals surface area contributed by atoms with Crippen LogP contribution in [-0.4, -0.2) is 111 Å². The number of fused-ring (bicyclic) bond motifs is 9. The third kappa shape index (κ3) is 12.3. The van der Waals surface area contributed by atoms with Gasteiger partial charge in [0.2, 0.25) is 0 Å². The summed E-state index contributed by atoms with van der Waals surface area (Å²) in [6.45, 7) is 1.63. The lowest BCUT2D eigenvalue weighted by Gasteiger charge is -2.59. The minimum Gasteiger partial charge on any atom is -0.507 e. The number of rotatable bonds is 12. The standard InChI is InChI=1S/C67H86N2O12/c1-66(77,59(73)37-79-51-17-7-4-8-18-51)38-69-49-29-45(28-46(30-49)58(72)36-68-2)42-20-21-43-35-61(74)81-64-52(43)33-47(63(75)62(64)41-14-5-3-6-15-41)34-60-67(78)55-19-10-9-16-44(55)32-53-54(57(71)23-22-56(53)67)26-40-13-11-12-39(24-40)25-50(70)31-48(27-42)65(76)80-60/h11-13,24,28-31,33,41-44,50-51,53-56,58-60,68-70,72-73,75,77-78H,3-10,14-19,22-23,25-27,32,34-38H2,1-2H3. The second-order valence-corrected chi connectivity index (χ2v) is 25.9. The summed E-state index contributed by atoms with van der Waals surface area (Å²) in [5.74, 6) is 3.42. The fourth-order valence-corrected chi connectivity index (χ4v) is 16.0. The molecule has 0 aromatic heterocycles. The third-order valence-corrected chi connectivity index (χ3v) is 20.3. The third-order valence-electron chi connectivity index (χ3n) is 20.3. The summed E-state index contributed by atoms with van der Waals surface area (Å²) in [6, 6.07) is 15.3. The number of aliphatic hydroxyl groups excluding tert-OH is 3. The molecule has 0 radical (unpaired) electrons. The van der Waals surface area contributed by atoms with E-state index in [-0.39, 0.29) is 105 Å². The van der Waals surface area contributed by atoms with Crippen LogP contribution in [0.2, 0.25) is 0 Å². The lowest BCUT2D eigenvalue weighted by molar-refractivity contribution is -0.228. The first-order chi connectivity index (χ1) is 39.1. The van der Waals surface area contributed by atoms with Crippen LogP contribution in [0.1, 0.15) is 192 Å². The van der Waals surface area contributed by atoms with Crippen molar-refractivity contribution in [1.29, 1.82) is 0 Å². The number of ketones is 1. The largest absolute Gasteiger partial charge is 0.507 e. The van der Waals surface area contributed by atoms with E-state index in [4.69, 9.17) is 14.2 Å². The molecule has 81 heavy (non-hydrogen) atoms. The number of Topliss-reactive ketones (excluding diaryl/α,β-unsaturated/α-hetero) is 1. The molecule has 13 unspecified atom stereocenters. The minimum atomic E-state index is -1.63. The van der Waals surface area contributed by atoms with Gasteiger partial charge in [-0.25, -0.2) is 4.79 Å². The van der Waals surface area contributed by atoms with E-state index in [9.17, 15) is 40.2 Å². The van der Waals surface area contributed by atoms with Gasteiger partial charge in [-0.1, -0.05) is 100.0 Å². The van der Waals surface area contributed by atoms with Crippen LogP contribution in [0.4, 0.5) is 5.69 Å². The zero-order valence-corrected chi connectivity index (χ0v) is 47.5. The number of carbonyl (C=O) groups excluding carboxylic acids is 3. The van der Waals surface area contributed by atoms with Crippen LogP contribution in [0.3, 0.4) is 0 Å². The Labute approximate surface area is 477 Å². The van der Waals surface area contributed by atoms with E-state index >= 15 is 4.79 Å². The molecule has 3 aromatic carbocycles. The molecule has 14 heteroatoms. The zero-order valence-electron chi connectivity index (χ0n) is 47.5. The summed E-state index contributed by atoms with van der Waals surface area (Å²) in [6.07, 6.45) is 12.0. The number of likely N-dealkylation sites (N-methyl/N-ethyl adjacent to an activating group) is 1. The molecule has 3 aliphatic heterocycles. The first-order valence-corrected chi connectivity index (χ1v) is 30.8. The topological polar surface area (TPSA) is 224 Å². The van der Waals surface area contributed by atoms with Crippen molar-refractivity contribution in [3.8, 4) is 23.3 Å². The summed E-state index contributed by atoms with van der Waals surface area (Å²) >= 11 is 0. The number of ether oxygens (including phenoxy) is 3. The van der Waals surface area contributed by atoms with E-state index in [0.717, 1.165) is 101 Å². The summed E-state index contributed by atoms with van der Waals surface area (Å²) in [5.41, 5.74) is 1.95. The molecule has 5 aliphatic carbocycles. The molecule has 0 spiro atoms. The van der Waals surface area contributed by atoms with E-state index in [1.807, 2.05) is 42.5 Å². The number of hydrogen-bond acceptors (Lipinski definition) is 14. The van der Waals surface area contributed by atoms with Gasteiger partial charge < -0.3 is 55.5 Å². The number of phenols is 1. The van der Waals surface area contributed by atoms with Gasteiger partial charge in [0.1, 0.15) is 40.7 Å². The van der Waals surface area contributed by atoms with Crippen molar-refractivity contribution < 1.29 is 59.2 Å². The maximum absolute atomic E-state index is 15.9. The second kappa shape index (κ2) is 24.6. The molecule has 10 bridgehead atoms. The fourth-order valence-electron chi connectivity index (χ4n) is 16.0. The predicted molar refractivity (Wildman–Crippen MR) is 307 cm³/mol. The van der Waals surface area contributed by atoms with Crippen molar-refractivity contribution in [3.63, 3.8) is 0 Å². The highest BCUT2D eigenvalue weighted by atomic mass is 16.6. The van der Waals surface area contributed by atoms with Crippen LogP contribution >= 0.6 is 0 Å². The Morgan fingerprint density at radius 3 is 2.33 bits per heavy atom. The van der Waals surface area contributed by atoms with Crippen LogP contribution in [0, 0.1) is 41.4 Å². The van der Waals surface area contributed by atoms with Crippen molar-refractivity contribution in [2.24, 2.45) is 29.6 Å². The summed E-state index contributed by atoms with van der Waals surface area (Å²) in [4.78, 5) is 44.2.